The summed E-state index contributed by atoms with van der Waals surface area (Å²) in [7, 11) is 1.27. The van der Waals surface area contributed by atoms with Gasteiger partial charge in [0.05, 0.1) is 7.11 Å². The lowest BCUT2D eigenvalue weighted by molar-refractivity contribution is -0.0761. The Morgan fingerprint density at radius 3 is 2.17 bits per heavy atom. The van der Waals surface area contributed by atoms with Gasteiger partial charge in [0.2, 0.25) is 0 Å². The Balaban J connectivity index is 1.78. The van der Waals surface area contributed by atoms with E-state index in [2.05, 4.69) is 4.74 Å². The average molecular weight is 314 g/mol. The van der Waals surface area contributed by atoms with Crippen molar-refractivity contribution < 1.29 is 23.7 Å². The molecule has 2 aromatic rings. The second-order valence-electron chi connectivity index (χ2n) is 5.15. The number of ether oxygens (including phenoxy) is 4. The lowest BCUT2D eigenvalue weighted by atomic mass is 10.1. The fraction of sp³-hybridized carbons (Fsp3) is 0.278. The topological polar surface area (TPSA) is 54.0 Å². The third kappa shape index (κ3) is 3.70. The molecule has 1 heterocycles. The molecule has 5 heteroatoms. The molecule has 23 heavy (non-hydrogen) atoms. The molecule has 5 nitrogen and oxygen atoms in total. The molecular formula is C18H18O5. The Morgan fingerprint density at radius 2 is 1.57 bits per heavy atom. The van der Waals surface area contributed by atoms with Crippen LogP contribution in [-0.2, 0) is 18.9 Å². The second kappa shape index (κ2) is 7.26. The molecule has 0 N–H and O–H groups in total. The van der Waals surface area contributed by atoms with Gasteiger partial charge in [-0.2, -0.15) is 0 Å². The molecule has 0 aromatic heterocycles. The largest absolute Gasteiger partial charge is 0.508 e. The van der Waals surface area contributed by atoms with Gasteiger partial charge in [-0.05, 0) is 5.56 Å². The molecule has 1 fully saturated rings. The molecule has 3 unspecified atom stereocenters. The summed E-state index contributed by atoms with van der Waals surface area (Å²) in [6.07, 6.45) is -1.94. The Morgan fingerprint density at radius 1 is 0.957 bits per heavy atom. The molecule has 0 aliphatic carbocycles. The third-order valence-electron chi connectivity index (χ3n) is 3.64. The molecule has 0 amide bonds. The van der Waals surface area contributed by atoms with Gasteiger partial charge in [-0.3, -0.25) is 0 Å². The van der Waals surface area contributed by atoms with Crippen molar-refractivity contribution in [1.29, 1.82) is 0 Å². The van der Waals surface area contributed by atoms with E-state index in [0.717, 1.165) is 11.1 Å². The molecule has 0 bridgehead atoms. The normalized spacial score (nSPS) is 23.4. The number of hydrogen-bond donors (Lipinski definition) is 0. The van der Waals surface area contributed by atoms with Gasteiger partial charge in [0.1, 0.15) is 18.8 Å². The zero-order valence-corrected chi connectivity index (χ0v) is 12.8. The molecule has 1 aliphatic heterocycles. The minimum absolute atomic E-state index is 0.0650. The van der Waals surface area contributed by atoms with E-state index in [-0.39, 0.29) is 12.7 Å². The maximum Gasteiger partial charge on any atom is 0.508 e. The van der Waals surface area contributed by atoms with Crippen LogP contribution in [0.15, 0.2) is 60.7 Å². The third-order valence-corrected chi connectivity index (χ3v) is 3.64. The van der Waals surface area contributed by atoms with Crippen LogP contribution < -0.4 is 0 Å². The van der Waals surface area contributed by atoms with Crippen molar-refractivity contribution in [2.45, 2.75) is 18.5 Å². The fourth-order valence-corrected chi connectivity index (χ4v) is 2.52. The van der Waals surface area contributed by atoms with Crippen molar-refractivity contribution in [1.82, 2.24) is 0 Å². The van der Waals surface area contributed by atoms with E-state index >= 15 is 0 Å². The number of carbonyl (C=O) groups is 1. The van der Waals surface area contributed by atoms with Gasteiger partial charge in [0, 0.05) is 5.56 Å². The monoisotopic (exact) mass is 314 g/mol. The minimum atomic E-state index is -0.733. The Kier molecular flexibility index (Phi) is 4.90. The lowest BCUT2D eigenvalue weighted by Gasteiger charge is -2.16. The highest BCUT2D eigenvalue weighted by Crippen LogP contribution is 2.39. The SMILES string of the molecule is COC(=O)OCC1OC(c2ccccc2)OC1c1ccccc1. The predicted molar refractivity (Wildman–Crippen MR) is 82.7 cm³/mol. The Labute approximate surface area is 134 Å². The molecule has 0 spiro atoms. The lowest BCUT2D eigenvalue weighted by Crippen LogP contribution is -2.23. The van der Waals surface area contributed by atoms with Gasteiger partial charge in [0.25, 0.3) is 0 Å². The van der Waals surface area contributed by atoms with Crippen LogP contribution in [0.4, 0.5) is 4.79 Å². The van der Waals surface area contributed by atoms with Crippen molar-refractivity contribution in [3.8, 4) is 0 Å². The standard InChI is InChI=1S/C18H18O5/c1-20-18(19)21-12-15-16(13-8-4-2-5-9-13)23-17(22-15)14-10-6-3-7-11-14/h2-11,15-17H,12H2,1H3. The van der Waals surface area contributed by atoms with E-state index in [1.165, 1.54) is 7.11 Å². The van der Waals surface area contributed by atoms with Crippen LogP contribution in [0.1, 0.15) is 23.5 Å². The van der Waals surface area contributed by atoms with E-state index in [4.69, 9.17) is 14.2 Å². The van der Waals surface area contributed by atoms with E-state index in [0.29, 0.717) is 0 Å². The summed E-state index contributed by atoms with van der Waals surface area (Å²) in [6, 6.07) is 19.4. The zero-order chi connectivity index (χ0) is 16.1. The van der Waals surface area contributed by atoms with E-state index in [9.17, 15) is 4.79 Å². The molecule has 0 radical (unpaired) electrons. The molecule has 120 valence electrons. The van der Waals surface area contributed by atoms with Gasteiger partial charge in [-0.1, -0.05) is 60.7 Å². The van der Waals surface area contributed by atoms with Crippen LogP contribution >= 0.6 is 0 Å². The number of benzene rings is 2. The molecule has 1 saturated heterocycles. The average Bonchev–Trinajstić information content (AvgIpc) is 3.05. The van der Waals surface area contributed by atoms with E-state index in [1.807, 2.05) is 60.7 Å². The maximum absolute atomic E-state index is 11.2. The quantitative estimate of drug-likeness (QED) is 0.807. The smallest absolute Gasteiger partial charge is 0.438 e. The summed E-state index contributed by atoms with van der Waals surface area (Å²) >= 11 is 0. The number of methoxy groups -OCH3 is 1. The molecule has 2 aromatic carbocycles. The summed E-state index contributed by atoms with van der Waals surface area (Å²) in [6.45, 7) is 0.0650. The number of carbonyl (C=O) groups excluding carboxylic acids is 1. The van der Waals surface area contributed by atoms with Crippen molar-refractivity contribution in [2.24, 2.45) is 0 Å². The number of rotatable bonds is 4. The first-order chi connectivity index (χ1) is 11.3. The van der Waals surface area contributed by atoms with E-state index < -0.39 is 18.5 Å². The highest BCUT2D eigenvalue weighted by molar-refractivity contribution is 5.59. The molecule has 0 saturated carbocycles. The van der Waals surface area contributed by atoms with Gasteiger partial charge < -0.3 is 18.9 Å². The van der Waals surface area contributed by atoms with Crippen LogP contribution in [0.5, 0.6) is 0 Å². The molecule has 3 atom stereocenters. The van der Waals surface area contributed by atoms with Gasteiger partial charge in [0.15, 0.2) is 6.29 Å². The summed E-state index contributed by atoms with van der Waals surface area (Å²) in [5, 5.41) is 0. The van der Waals surface area contributed by atoms with Gasteiger partial charge in [-0.25, -0.2) is 4.79 Å². The number of hydrogen-bond acceptors (Lipinski definition) is 5. The van der Waals surface area contributed by atoms with Crippen molar-refractivity contribution in [3.05, 3.63) is 71.8 Å². The van der Waals surface area contributed by atoms with Gasteiger partial charge >= 0.3 is 6.16 Å². The van der Waals surface area contributed by atoms with Crippen LogP contribution in [0.2, 0.25) is 0 Å². The second-order valence-corrected chi connectivity index (χ2v) is 5.15. The molecule has 1 aliphatic rings. The summed E-state index contributed by atoms with van der Waals surface area (Å²) in [5.41, 5.74) is 1.90. The van der Waals surface area contributed by atoms with Crippen LogP contribution in [-0.4, -0.2) is 26.0 Å². The van der Waals surface area contributed by atoms with Crippen LogP contribution in [0.25, 0.3) is 0 Å². The Bertz CT molecular complexity index is 628. The highest BCUT2D eigenvalue weighted by atomic mass is 16.8. The Hall–Kier alpha value is -2.37. The fourth-order valence-electron chi connectivity index (χ4n) is 2.52. The van der Waals surface area contributed by atoms with Gasteiger partial charge in [-0.15, -0.1) is 0 Å². The minimum Gasteiger partial charge on any atom is -0.438 e. The first-order valence-corrected chi connectivity index (χ1v) is 7.39. The zero-order valence-electron chi connectivity index (χ0n) is 12.8. The van der Waals surface area contributed by atoms with E-state index in [1.54, 1.807) is 0 Å². The molecular weight excluding hydrogens is 296 g/mol. The van der Waals surface area contributed by atoms with Crippen molar-refractivity contribution in [3.63, 3.8) is 0 Å². The summed E-state index contributed by atoms with van der Waals surface area (Å²) < 4.78 is 21.6. The highest BCUT2D eigenvalue weighted by Gasteiger charge is 2.38. The summed E-state index contributed by atoms with van der Waals surface area (Å²) in [4.78, 5) is 11.2. The molecule has 3 rings (SSSR count). The predicted octanol–water partition coefficient (Wildman–Crippen LogP) is 3.62. The van der Waals surface area contributed by atoms with Crippen molar-refractivity contribution in [2.75, 3.05) is 13.7 Å². The van der Waals surface area contributed by atoms with Crippen LogP contribution in [0.3, 0.4) is 0 Å². The van der Waals surface area contributed by atoms with Crippen molar-refractivity contribution >= 4 is 6.16 Å². The maximum atomic E-state index is 11.2. The summed E-state index contributed by atoms with van der Waals surface area (Å²) in [5.74, 6) is 0. The first kappa shape index (κ1) is 15.5. The first-order valence-electron chi connectivity index (χ1n) is 7.39. The van der Waals surface area contributed by atoms with Crippen LogP contribution in [0, 0.1) is 0 Å².